The highest BCUT2D eigenvalue weighted by molar-refractivity contribution is 8.01. The lowest BCUT2D eigenvalue weighted by molar-refractivity contribution is -0.115. The van der Waals surface area contributed by atoms with Gasteiger partial charge >= 0.3 is 0 Å². The van der Waals surface area contributed by atoms with Crippen molar-refractivity contribution in [1.29, 1.82) is 0 Å². The Bertz CT molecular complexity index is 433. The van der Waals surface area contributed by atoms with Gasteiger partial charge < -0.3 is 15.8 Å². The molecule has 0 aliphatic carbocycles. The lowest BCUT2D eigenvalue weighted by Gasteiger charge is -2.24. The van der Waals surface area contributed by atoms with E-state index >= 15 is 0 Å². The van der Waals surface area contributed by atoms with Crippen molar-refractivity contribution in [3.05, 3.63) is 24.3 Å². The molecule has 4 nitrogen and oxygen atoms in total. The van der Waals surface area contributed by atoms with Crippen LogP contribution in [0.5, 0.6) is 0 Å². The van der Waals surface area contributed by atoms with E-state index in [1.807, 2.05) is 19.1 Å². The second-order valence-electron chi connectivity index (χ2n) is 4.70. The summed E-state index contributed by atoms with van der Waals surface area (Å²) in [4.78, 5) is 12.1. The van der Waals surface area contributed by atoms with Gasteiger partial charge in [-0.1, -0.05) is 6.07 Å². The first-order chi connectivity index (χ1) is 9.15. The molecule has 0 bridgehead atoms. The Morgan fingerprint density at radius 3 is 2.89 bits per heavy atom. The van der Waals surface area contributed by atoms with Crippen molar-refractivity contribution in [3.63, 3.8) is 0 Å². The molecule has 104 valence electrons. The molecular formula is C14H20N2O2S. The van der Waals surface area contributed by atoms with Crippen LogP contribution in [-0.2, 0) is 9.53 Å². The Morgan fingerprint density at radius 2 is 2.21 bits per heavy atom. The summed E-state index contributed by atoms with van der Waals surface area (Å²) in [5.74, 6) is 0.0297. The molecular weight excluding hydrogens is 260 g/mol. The van der Waals surface area contributed by atoms with E-state index in [0.29, 0.717) is 10.9 Å². The predicted molar refractivity (Wildman–Crippen MR) is 80.4 cm³/mol. The minimum atomic E-state index is -0.0652. The highest BCUT2D eigenvalue weighted by atomic mass is 32.2. The monoisotopic (exact) mass is 280 g/mol. The molecule has 1 aliphatic rings. The maximum Gasteiger partial charge on any atom is 0.237 e. The van der Waals surface area contributed by atoms with Gasteiger partial charge in [0.25, 0.3) is 0 Å². The number of carbonyl (C=O) groups is 1. The van der Waals surface area contributed by atoms with Gasteiger partial charge in [-0.2, -0.15) is 0 Å². The first-order valence-electron chi connectivity index (χ1n) is 6.55. The summed E-state index contributed by atoms with van der Waals surface area (Å²) in [6, 6.07) is 7.25. The number of hydrogen-bond donors (Lipinski definition) is 2. The van der Waals surface area contributed by atoms with Gasteiger partial charge in [0.05, 0.1) is 5.25 Å². The highest BCUT2D eigenvalue weighted by Gasteiger charge is 2.21. The minimum Gasteiger partial charge on any atom is -0.399 e. The normalized spacial score (nSPS) is 17.9. The lowest BCUT2D eigenvalue weighted by Crippen LogP contribution is -2.27. The molecule has 1 amide bonds. The van der Waals surface area contributed by atoms with Crippen molar-refractivity contribution >= 4 is 29.0 Å². The number of benzene rings is 1. The van der Waals surface area contributed by atoms with Crippen molar-refractivity contribution in [2.24, 2.45) is 0 Å². The van der Waals surface area contributed by atoms with Crippen molar-refractivity contribution in [3.8, 4) is 0 Å². The molecule has 1 saturated heterocycles. The fourth-order valence-electron chi connectivity index (χ4n) is 2.02. The van der Waals surface area contributed by atoms with Gasteiger partial charge in [-0.15, -0.1) is 11.8 Å². The number of amides is 1. The minimum absolute atomic E-state index is 0.0297. The SMILES string of the molecule is CC(SC1CCOCC1)C(=O)Nc1cccc(N)c1. The summed E-state index contributed by atoms with van der Waals surface area (Å²) in [5.41, 5.74) is 7.10. The van der Waals surface area contributed by atoms with E-state index in [9.17, 15) is 4.79 Å². The molecule has 1 aromatic rings. The van der Waals surface area contributed by atoms with Gasteiger partial charge in [-0.25, -0.2) is 0 Å². The van der Waals surface area contributed by atoms with E-state index in [1.165, 1.54) is 0 Å². The molecule has 1 aliphatic heterocycles. The average molecular weight is 280 g/mol. The first-order valence-corrected chi connectivity index (χ1v) is 7.49. The van der Waals surface area contributed by atoms with Crippen LogP contribution in [0.3, 0.4) is 0 Å². The average Bonchev–Trinajstić information content (AvgIpc) is 2.40. The largest absolute Gasteiger partial charge is 0.399 e. The molecule has 0 aromatic heterocycles. The molecule has 1 fully saturated rings. The summed E-state index contributed by atoms with van der Waals surface area (Å²) in [5, 5.41) is 3.36. The van der Waals surface area contributed by atoms with Gasteiger partial charge in [0, 0.05) is 29.8 Å². The van der Waals surface area contributed by atoms with Crippen molar-refractivity contribution in [1.82, 2.24) is 0 Å². The summed E-state index contributed by atoms with van der Waals surface area (Å²) in [6.07, 6.45) is 2.06. The Kier molecular flexibility index (Phi) is 5.10. The van der Waals surface area contributed by atoms with Crippen molar-refractivity contribution in [2.45, 2.75) is 30.3 Å². The van der Waals surface area contributed by atoms with Crippen LogP contribution in [0.15, 0.2) is 24.3 Å². The van der Waals surface area contributed by atoms with Crippen LogP contribution >= 0.6 is 11.8 Å². The quantitative estimate of drug-likeness (QED) is 0.832. The highest BCUT2D eigenvalue weighted by Crippen LogP contribution is 2.27. The molecule has 3 N–H and O–H groups in total. The van der Waals surface area contributed by atoms with Crippen LogP contribution in [0.4, 0.5) is 11.4 Å². The number of nitrogens with one attached hydrogen (secondary N) is 1. The topological polar surface area (TPSA) is 64.3 Å². The molecule has 19 heavy (non-hydrogen) atoms. The fraction of sp³-hybridized carbons (Fsp3) is 0.500. The number of nitrogens with two attached hydrogens (primary N) is 1. The smallest absolute Gasteiger partial charge is 0.237 e. The fourth-order valence-corrected chi connectivity index (χ4v) is 3.25. The second kappa shape index (κ2) is 6.82. The Labute approximate surface area is 118 Å². The Hall–Kier alpha value is -1.20. The van der Waals surface area contributed by atoms with Gasteiger partial charge in [0.15, 0.2) is 0 Å². The van der Waals surface area contributed by atoms with Crippen LogP contribution in [0.1, 0.15) is 19.8 Å². The van der Waals surface area contributed by atoms with Crippen LogP contribution in [0.25, 0.3) is 0 Å². The van der Waals surface area contributed by atoms with Crippen LogP contribution in [0.2, 0.25) is 0 Å². The van der Waals surface area contributed by atoms with Gasteiger partial charge in [0.1, 0.15) is 0 Å². The number of thioether (sulfide) groups is 1. The van der Waals surface area contributed by atoms with Gasteiger partial charge in [0.2, 0.25) is 5.91 Å². The van der Waals surface area contributed by atoms with Crippen LogP contribution in [-0.4, -0.2) is 29.6 Å². The van der Waals surface area contributed by atoms with Gasteiger partial charge in [-0.3, -0.25) is 4.79 Å². The third-order valence-electron chi connectivity index (χ3n) is 3.09. The van der Waals surface area contributed by atoms with E-state index in [1.54, 1.807) is 23.9 Å². The molecule has 1 unspecified atom stereocenters. The van der Waals surface area contributed by atoms with E-state index in [-0.39, 0.29) is 11.2 Å². The Morgan fingerprint density at radius 1 is 1.47 bits per heavy atom. The molecule has 1 heterocycles. The number of anilines is 2. The van der Waals surface area contributed by atoms with Crippen LogP contribution < -0.4 is 11.1 Å². The number of nitrogen functional groups attached to an aromatic ring is 1. The predicted octanol–water partition coefficient (Wildman–Crippen LogP) is 2.51. The number of carbonyl (C=O) groups excluding carboxylic acids is 1. The third-order valence-corrected chi connectivity index (χ3v) is 4.57. The zero-order chi connectivity index (χ0) is 13.7. The maximum atomic E-state index is 12.1. The molecule has 0 spiro atoms. The molecule has 1 atom stereocenters. The van der Waals surface area contributed by atoms with Crippen molar-refractivity contribution < 1.29 is 9.53 Å². The maximum absolute atomic E-state index is 12.1. The summed E-state index contributed by atoms with van der Waals surface area (Å²) in [7, 11) is 0. The van der Waals surface area contributed by atoms with E-state index < -0.39 is 0 Å². The van der Waals surface area contributed by atoms with E-state index in [0.717, 1.165) is 31.7 Å². The van der Waals surface area contributed by atoms with Gasteiger partial charge in [-0.05, 0) is 38.0 Å². The zero-order valence-electron chi connectivity index (χ0n) is 11.1. The summed E-state index contributed by atoms with van der Waals surface area (Å²) >= 11 is 1.73. The molecule has 1 aromatic carbocycles. The van der Waals surface area contributed by atoms with E-state index in [4.69, 9.17) is 10.5 Å². The lowest BCUT2D eigenvalue weighted by atomic mass is 10.2. The van der Waals surface area contributed by atoms with Crippen molar-refractivity contribution in [2.75, 3.05) is 24.3 Å². The standard InChI is InChI=1S/C14H20N2O2S/c1-10(19-13-5-7-18-8-6-13)14(17)16-12-4-2-3-11(15)9-12/h2-4,9-10,13H,5-8,15H2,1H3,(H,16,17). The summed E-state index contributed by atoms with van der Waals surface area (Å²) < 4.78 is 5.32. The third kappa shape index (κ3) is 4.44. The molecule has 2 rings (SSSR count). The number of hydrogen-bond acceptors (Lipinski definition) is 4. The number of rotatable bonds is 4. The summed E-state index contributed by atoms with van der Waals surface area (Å²) in [6.45, 7) is 3.56. The first kappa shape index (κ1) is 14.2. The second-order valence-corrected chi connectivity index (χ2v) is 6.35. The molecule has 0 saturated carbocycles. The Balaban J connectivity index is 1.84. The molecule has 5 heteroatoms. The van der Waals surface area contributed by atoms with Crippen LogP contribution in [0, 0.1) is 0 Å². The number of ether oxygens (including phenoxy) is 1. The molecule has 0 radical (unpaired) electrons. The van der Waals surface area contributed by atoms with E-state index in [2.05, 4.69) is 5.32 Å². The zero-order valence-corrected chi connectivity index (χ0v) is 11.9.